The van der Waals surface area contributed by atoms with Crippen molar-refractivity contribution in [3.8, 4) is 11.3 Å². The highest BCUT2D eigenvalue weighted by atomic mass is 127. The van der Waals surface area contributed by atoms with Crippen LogP contribution in [-0.4, -0.2) is 16.2 Å². The van der Waals surface area contributed by atoms with Gasteiger partial charge in [0.15, 0.2) is 0 Å². The summed E-state index contributed by atoms with van der Waals surface area (Å²) in [6, 6.07) is 11.0. The zero-order valence-electron chi connectivity index (χ0n) is 10.00. The van der Waals surface area contributed by atoms with Gasteiger partial charge in [-0.25, -0.2) is 0 Å². The Hall–Kier alpha value is -0.880. The number of benzene rings is 1. The van der Waals surface area contributed by atoms with Gasteiger partial charge in [-0.1, -0.05) is 26.0 Å². The van der Waals surface area contributed by atoms with Gasteiger partial charge in [0.25, 0.3) is 0 Å². The lowest BCUT2D eigenvalue weighted by Crippen LogP contribution is -2.21. The van der Waals surface area contributed by atoms with E-state index in [9.17, 15) is 0 Å². The van der Waals surface area contributed by atoms with Crippen LogP contribution in [-0.2, 0) is 6.54 Å². The second-order valence-electron chi connectivity index (χ2n) is 4.32. The second-order valence-corrected chi connectivity index (χ2v) is 5.57. The summed E-state index contributed by atoms with van der Waals surface area (Å²) in [6.07, 6.45) is 0. The smallest absolute Gasteiger partial charge is 0.0924 e. The molecule has 0 saturated carbocycles. The molecule has 1 aromatic carbocycles. The van der Waals surface area contributed by atoms with Crippen LogP contribution in [0, 0.1) is 3.57 Å². The van der Waals surface area contributed by atoms with E-state index in [1.54, 1.807) is 0 Å². The van der Waals surface area contributed by atoms with E-state index in [0.29, 0.717) is 6.04 Å². The Balaban J connectivity index is 2.10. The number of nitrogens with one attached hydrogen (secondary N) is 2. The SMILES string of the molecule is CC(C)NCc1cc(-c2ccc(I)cc2)n[nH]1. The van der Waals surface area contributed by atoms with Gasteiger partial charge in [0.1, 0.15) is 0 Å². The average molecular weight is 341 g/mol. The number of halogens is 1. The third-order valence-corrected chi connectivity index (χ3v) is 3.19. The molecule has 0 amide bonds. The van der Waals surface area contributed by atoms with Crippen molar-refractivity contribution in [3.63, 3.8) is 0 Å². The topological polar surface area (TPSA) is 40.7 Å². The Kier molecular flexibility index (Phi) is 4.17. The van der Waals surface area contributed by atoms with Crippen LogP contribution in [0.3, 0.4) is 0 Å². The first-order valence-corrected chi connectivity index (χ1v) is 6.76. The van der Waals surface area contributed by atoms with Gasteiger partial charge in [-0.3, -0.25) is 5.10 Å². The Morgan fingerprint density at radius 3 is 2.65 bits per heavy atom. The molecule has 0 aliphatic carbocycles. The minimum Gasteiger partial charge on any atom is -0.309 e. The van der Waals surface area contributed by atoms with E-state index >= 15 is 0 Å². The summed E-state index contributed by atoms with van der Waals surface area (Å²) in [7, 11) is 0. The normalized spacial score (nSPS) is 11.1. The molecule has 0 bridgehead atoms. The fourth-order valence-corrected chi connectivity index (χ4v) is 1.89. The van der Waals surface area contributed by atoms with E-state index in [-0.39, 0.29) is 0 Å². The third kappa shape index (κ3) is 3.54. The number of rotatable bonds is 4. The maximum atomic E-state index is 4.33. The molecule has 1 heterocycles. The fourth-order valence-electron chi connectivity index (χ4n) is 1.53. The molecule has 0 aliphatic rings. The van der Waals surface area contributed by atoms with Crippen molar-refractivity contribution in [1.82, 2.24) is 15.5 Å². The number of aromatic amines is 1. The fraction of sp³-hybridized carbons (Fsp3) is 0.308. The first-order valence-electron chi connectivity index (χ1n) is 5.69. The lowest BCUT2D eigenvalue weighted by atomic mass is 10.1. The molecule has 0 aliphatic heterocycles. The summed E-state index contributed by atoms with van der Waals surface area (Å²) < 4.78 is 1.24. The lowest BCUT2D eigenvalue weighted by Gasteiger charge is -2.04. The maximum absolute atomic E-state index is 4.33. The molecular weight excluding hydrogens is 325 g/mol. The van der Waals surface area contributed by atoms with Gasteiger partial charge in [-0.15, -0.1) is 0 Å². The lowest BCUT2D eigenvalue weighted by molar-refractivity contribution is 0.580. The monoisotopic (exact) mass is 341 g/mol. The van der Waals surface area contributed by atoms with Gasteiger partial charge in [-0.2, -0.15) is 5.10 Å². The molecule has 0 unspecified atom stereocenters. The van der Waals surface area contributed by atoms with Gasteiger partial charge >= 0.3 is 0 Å². The molecule has 1 aromatic heterocycles. The predicted octanol–water partition coefficient (Wildman–Crippen LogP) is 3.18. The Morgan fingerprint density at radius 1 is 1.29 bits per heavy atom. The zero-order chi connectivity index (χ0) is 12.3. The summed E-state index contributed by atoms with van der Waals surface area (Å²) in [5.74, 6) is 0. The average Bonchev–Trinajstić information content (AvgIpc) is 2.76. The van der Waals surface area contributed by atoms with Crippen molar-refractivity contribution in [2.24, 2.45) is 0 Å². The van der Waals surface area contributed by atoms with Gasteiger partial charge in [0.2, 0.25) is 0 Å². The number of nitrogens with zero attached hydrogens (tertiary/aromatic N) is 1. The van der Waals surface area contributed by atoms with Crippen molar-refractivity contribution in [1.29, 1.82) is 0 Å². The van der Waals surface area contributed by atoms with E-state index < -0.39 is 0 Å². The predicted molar refractivity (Wildman–Crippen MR) is 78.7 cm³/mol. The highest BCUT2D eigenvalue weighted by molar-refractivity contribution is 14.1. The first-order chi connectivity index (χ1) is 8.15. The molecule has 17 heavy (non-hydrogen) atoms. The summed E-state index contributed by atoms with van der Waals surface area (Å²) in [4.78, 5) is 0. The van der Waals surface area contributed by atoms with Crippen LogP contribution in [0.1, 0.15) is 19.5 Å². The van der Waals surface area contributed by atoms with Gasteiger partial charge in [0, 0.05) is 27.4 Å². The number of hydrogen-bond donors (Lipinski definition) is 2. The van der Waals surface area contributed by atoms with Crippen LogP contribution in [0.2, 0.25) is 0 Å². The number of hydrogen-bond acceptors (Lipinski definition) is 2. The van der Waals surface area contributed by atoms with Crippen molar-refractivity contribution in [2.75, 3.05) is 0 Å². The first kappa shape index (κ1) is 12.6. The van der Waals surface area contributed by atoms with Crippen LogP contribution in [0.25, 0.3) is 11.3 Å². The molecule has 2 N–H and O–H groups in total. The maximum Gasteiger partial charge on any atom is 0.0924 e. The largest absolute Gasteiger partial charge is 0.309 e. The second kappa shape index (κ2) is 5.64. The van der Waals surface area contributed by atoms with Crippen molar-refractivity contribution >= 4 is 22.6 Å². The molecule has 0 saturated heterocycles. The third-order valence-electron chi connectivity index (χ3n) is 2.47. The standard InChI is InChI=1S/C13H16IN3/c1-9(2)15-8-12-7-13(17-16-12)10-3-5-11(14)6-4-10/h3-7,9,15H,8H2,1-2H3,(H,16,17). The summed E-state index contributed by atoms with van der Waals surface area (Å²) >= 11 is 2.30. The Morgan fingerprint density at radius 2 is 2.00 bits per heavy atom. The van der Waals surface area contributed by atoms with Crippen LogP contribution < -0.4 is 5.32 Å². The molecule has 4 heteroatoms. The van der Waals surface area contributed by atoms with E-state index in [4.69, 9.17) is 0 Å². The molecule has 0 spiro atoms. The molecule has 0 fully saturated rings. The zero-order valence-corrected chi connectivity index (χ0v) is 12.2. The molecule has 0 atom stereocenters. The molecule has 3 nitrogen and oxygen atoms in total. The molecular formula is C13H16IN3. The van der Waals surface area contributed by atoms with Crippen LogP contribution in [0.4, 0.5) is 0 Å². The van der Waals surface area contributed by atoms with Crippen molar-refractivity contribution in [3.05, 3.63) is 39.6 Å². The molecule has 2 rings (SSSR count). The highest BCUT2D eigenvalue weighted by Crippen LogP contribution is 2.18. The number of aromatic nitrogens is 2. The van der Waals surface area contributed by atoms with Gasteiger partial charge in [0.05, 0.1) is 5.69 Å². The van der Waals surface area contributed by atoms with E-state index in [1.807, 2.05) is 0 Å². The molecule has 2 aromatic rings. The quantitative estimate of drug-likeness (QED) is 0.839. The van der Waals surface area contributed by atoms with Gasteiger partial charge < -0.3 is 5.32 Å². The van der Waals surface area contributed by atoms with E-state index in [2.05, 4.69) is 82.3 Å². The van der Waals surface area contributed by atoms with Crippen molar-refractivity contribution < 1.29 is 0 Å². The minimum atomic E-state index is 0.486. The van der Waals surface area contributed by atoms with Crippen LogP contribution in [0.5, 0.6) is 0 Å². The summed E-state index contributed by atoms with van der Waals surface area (Å²) in [6.45, 7) is 5.10. The van der Waals surface area contributed by atoms with E-state index in [1.165, 1.54) is 3.57 Å². The highest BCUT2D eigenvalue weighted by Gasteiger charge is 2.04. The van der Waals surface area contributed by atoms with Crippen molar-refractivity contribution in [2.45, 2.75) is 26.4 Å². The summed E-state index contributed by atoms with van der Waals surface area (Å²) in [5, 5.41) is 10.7. The minimum absolute atomic E-state index is 0.486. The van der Waals surface area contributed by atoms with Gasteiger partial charge in [-0.05, 0) is 40.8 Å². The molecule has 90 valence electrons. The van der Waals surface area contributed by atoms with E-state index in [0.717, 1.165) is 23.5 Å². The van der Waals surface area contributed by atoms with Crippen LogP contribution >= 0.6 is 22.6 Å². The Bertz CT molecular complexity index is 474. The number of H-pyrrole nitrogens is 1. The Labute approximate surface area is 115 Å². The molecule has 0 radical (unpaired) electrons. The summed E-state index contributed by atoms with van der Waals surface area (Å²) in [5.41, 5.74) is 3.27. The van der Waals surface area contributed by atoms with Crippen LogP contribution in [0.15, 0.2) is 30.3 Å².